The summed E-state index contributed by atoms with van der Waals surface area (Å²) in [5.41, 5.74) is 6.44. The van der Waals surface area contributed by atoms with Crippen LogP contribution in [0, 0.1) is 20.8 Å². The number of carbonyl (C=O) groups excluding carboxylic acids is 4. The molecule has 0 unspecified atom stereocenters. The third-order valence-electron chi connectivity index (χ3n) is 15.4. The van der Waals surface area contributed by atoms with Gasteiger partial charge in [0, 0.05) is 48.4 Å². The first kappa shape index (κ1) is 65.2. The number of carbonyl (C=O) groups is 4. The highest BCUT2D eigenvalue weighted by Gasteiger charge is 2.27. The van der Waals surface area contributed by atoms with Crippen molar-refractivity contribution < 1.29 is 33.8 Å². The Hall–Kier alpha value is -7.60. The first-order chi connectivity index (χ1) is 38.5. The van der Waals surface area contributed by atoms with Crippen molar-refractivity contribution in [2.45, 2.75) is 139 Å². The highest BCUT2D eigenvalue weighted by molar-refractivity contribution is 6.00. The molecule has 2 amide bonds. The lowest BCUT2D eigenvalue weighted by atomic mass is 10.0. The van der Waals surface area contributed by atoms with Crippen LogP contribution in [0.15, 0.2) is 146 Å². The quantitative estimate of drug-likeness (QED) is 0.147. The van der Waals surface area contributed by atoms with Gasteiger partial charge in [-0.05, 0) is 217 Å². The Bertz CT molecular complexity index is 3170. The van der Waals surface area contributed by atoms with Crippen LogP contribution in [0.25, 0.3) is 43.1 Å². The molecule has 0 saturated carbocycles. The second-order valence-electron chi connectivity index (χ2n) is 21.9. The zero-order chi connectivity index (χ0) is 57.3. The number of phenols is 1. The molecular weight excluding hydrogens is 1020 g/mol. The molecule has 4 aliphatic heterocycles. The first-order valence-electron chi connectivity index (χ1n) is 28.5. The van der Waals surface area contributed by atoms with Crippen LogP contribution in [0.1, 0.15) is 152 Å². The van der Waals surface area contributed by atoms with Gasteiger partial charge in [0.05, 0.1) is 25.3 Å². The van der Waals surface area contributed by atoms with Crippen LogP contribution < -0.4 is 10.6 Å². The predicted octanol–water partition coefficient (Wildman–Crippen LogP) is 15.6. The van der Waals surface area contributed by atoms with Crippen molar-refractivity contribution in [2.24, 2.45) is 0 Å². The average molecular weight is 1110 g/mol. The molecule has 0 aliphatic carbocycles. The van der Waals surface area contributed by atoms with E-state index in [-0.39, 0.29) is 44.4 Å². The number of benzene rings is 8. The maximum Gasteiger partial charge on any atom is 0.337 e. The van der Waals surface area contributed by atoms with E-state index in [0.717, 1.165) is 94.3 Å². The van der Waals surface area contributed by atoms with Crippen LogP contribution in [-0.4, -0.2) is 103 Å². The Kier molecular flexibility index (Phi) is 25.1. The molecule has 4 heterocycles. The van der Waals surface area contributed by atoms with E-state index in [0.29, 0.717) is 23.2 Å². The van der Waals surface area contributed by atoms with Gasteiger partial charge in [-0.3, -0.25) is 9.59 Å². The summed E-state index contributed by atoms with van der Waals surface area (Å²) in [6, 6.07) is 49.0. The fraction of sp³-hybridized carbons (Fsp3) is 0.380. The fourth-order valence-corrected chi connectivity index (χ4v) is 10.6. The predicted molar refractivity (Wildman–Crippen MR) is 341 cm³/mol. The third kappa shape index (κ3) is 18.2. The van der Waals surface area contributed by atoms with E-state index in [1.54, 1.807) is 42.5 Å². The highest BCUT2D eigenvalue weighted by atomic mass is 16.5. The number of aromatic hydroxyl groups is 1. The lowest BCUT2D eigenvalue weighted by Gasteiger charge is -2.21. The minimum atomic E-state index is -0.357. The average Bonchev–Trinajstić information content (AvgIpc) is 4.45. The molecule has 82 heavy (non-hydrogen) atoms. The van der Waals surface area contributed by atoms with Gasteiger partial charge in [-0.1, -0.05) is 116 Å². The van der Waals surface area contributed by atoms with E-state index in [1.165, 1.54) is 80.5 Å². The number of fused-ring (bicyclic) bond motifs is 4. The zero-order valence-corrected chi connectivity index (χ0v) is 48.4. The van der Waals surface area contributed by atoms with Gasteiger partial charge in [-0.2, -0.15) is 0 Å². The summed E-state index contributed by atoms with van der Waals surface area (Å²) in [5, 5.41) is 24.6. The lowest BCUT2D eigenvalue weighted by Crippen LogP contribution is -2.33. The van der Waals surface area contributed by atoms with Crippen LogP contribution >= 0.6 is 0 Å². The summed E-state index contributed by atoms with van der Waals surface area (Å²) in [5.74, 6) is -0.0873. The standard InChI is InChI=1S/2C17H19NO.C13H12O2.C12H10O3.2C5H11N.2CH4/c2*1-12-5-6-15-11-16(8-7-14(15)10-12)17(19)18-9-3-4-13(18)2;1-9-3-4-11-8-12(13(14)15-2)6-5-10(11)7-9;1-15-12(14)10-3-2-9-7-11(13)5-4-8(9)6-10;2*1-5-3-2-4-6-5;;/h2*5-8,10-11,13H,3-4,9H2,1-2H3;3-8H,1-2H3;2-7,13H,1H3;2*5-6H,2-4H2,1H3;2*1H4/t2*13-;;;2*5-;;/m10..10../s1. The Morgan fingerprint density at radius 3 is 1.01 bits per heavy atom. The molecule has 4 saturated heterocycles. The number of hydrogen-bond donors (Lipinski definition) is 3. The van der Waals surface area contributed by atoms with E-state index < -0.39 is 0 Å². The van der Waals surface area contributed by atoms with Crippen molar-refractivity contribution in [2.75, 3.05) is 40.4 Å². The van der Waals surface area contributed by atoms with Crippen molar-refractivity contribution in [3.8, 4) is 5.75 Å². The van der Waals surface area contributed by atoms with Gasteiger partial charge >= 0.3 is 11.9 Å². The number of rotatable bonds is 4. The van der Waals surface area contributed by atoms with Gasteiger partial charge in [0.25, 0.3) is 11.8 Å². The molecule has 436 valence electrons. The van der Waals surface area contributed by atoms with Crippen molar-refractivity contribution >= 4 is 66.8 Å². The van der Waals surface area contributed by atoms with E-state index in [4.69, 9.17) is 0 Å². The summed E-state index contributed by atoms with van der Waals surface area (Å²) in [6.07, 6.45) is 10.00. The number of methoxy groups -OCH3 is 2. The molecule has 8 aromatic rings. The minimum absolute atomic E-state index is 0. The van der Waals surface area contributed by atoms with Crippen molar-refractivity contribution in [1.29, 1.82) is 0 Å². The summed E-state index contributed by atoms with van der Waals surface area (Å²) in [4.78, 5) is 51.5. The molecule has 4 atom stereocenters. The minimum Gasteiger partial charge on any atom is -0.508 e. The summed E-state index contributed by atoms with van der Waals surface area (Å²) >= 11 is 0. The molecule has 11 nitrogen and oxygen atoms in total. The molecule has 0 bridgehead atoms. The second-order valence-corrected chi connectivity index (χ2v) is 21.9. The smallest absolute Gasteiger partial charge is 0.337 e. The summed E-state index contributed by atoms with van der Waals surface area (Å²) < 4.78 is 9.29. The number of likely N-dealkylation sites (tertiary alicyclic amines) is 2. The Balaban J connectivity index is 0.000000187. The largest absolute Gasteiger partial charge is 0.508 e. The van der Waals surface area contributed by atoms with Crippen molar-refractivity contribution in [3.05, 3.63) is 185 Å². The number of nitrogens with one attached hydrogen (secondary N) is 2. The summed E-state index contributed by atoms with van der Waals surface area (Å²) in [6.45, 7) is 19.2. The van der Waals surface area contributed by atoms with Crippen LogP contribution in [0.3, 0.4) is 0 Å². The van der Waals surface area contributed by atoms with Gasteiger partial charge in [-0.25, -0.2) is 9.59 Å². The molecule has 0 spiro atoms. The van der Waals surface area contributed by atoms with Crippen LogP contribution in [0.2, 0.25) is 0 Å². The van der Waals surface area contributed by atoms with Crippen LogP contribution in [0.4, 0.5) is 0 Å². The van der Waals surface area contributed by atoms with Gasteiger partial charge < -0.3 is 35.0 Å². The number of hydrogen-bond acceptors (Lipinski definition) is 9. The number of nitrogens with zero attached hydrogens (tertiary/aromatic N) is 2. The monoisotopic (exact) mass is 1110 g/mol. The molecule has 4 aliphatic rings. The molecule has 12 rings (SSSR count). The molecule has 0 aromatic heterocycles. The van der Waals surface area contributed by atoms with Crippen molar-refractivity contribution in [3.63, 3.8) is 0 Å². The summed E-state index contributed by atoms with van der Waals surface area (Å²) in [7, 11) is 2.74. The van der Waals surface area contributed by atoms with Crippen LogP contribution in [-0.2, 0) is 9.47 Å². The Morgan fingerprint density at radius 2 is 0.720 bits per heavy atom. The van der Waals surface area contributed by atoms with Gasteiger partial charge in [0.2, 0.25) is 0 Å². The first-order valence-corrected chi connectivity index (χ1v) is 28.5. The van der Waals surface area contributed by atoms with E-state index in [9.17, 15) is 24.3 Å². The molecule has 8 aromatic carbocycles. The molecule has 0 radical (unpaired) electrons. The van der Waals surface area contributed by atoms with Crippen molar-refractivity contribution in [1.82, 2.24) is 20.4 Å². The Morgan fingerprint density at radius 1 is 0.415 bits per heavy atom. The molecule has 3 N–H and O–H groups in total. The SMILES string of the molecule is C.C.COC(=O)c1ccc2cc(C)ccc2c1.COC(=O)c1ccc2cc(O)ccc2c1.C[C@@H]1CCCN1.C[C@H]1CCCN1.Cc1ccc2cc(C(=O)N3CCC[C@@H]3C)ccc2c1.Cc1ccc2cc(C(=O)N3CCC[C@H]3C)ccc2c1. The zero-order valence-electron chi connectivity index (χ0n) is 48.4. The molecule has 11 heteroatoms. The van der Waals surface area contributed by atoms with Crippen LogP contribution in [0.5, 0.6) is 5.75 Å². The fourth-order valence-electron chi connectivity index (χ4n) is 10.6. The molecular formula is C71H90N4O7. The number of aryl methyl sites for hydroxylation is 3. The van der Waals surface area contributed by atoms with E-state index >= 15 is 0 Å². The third-order valence-corrected chi connectivity index (χ3v) is 15.4. The van der Waals surface area contributed by atoms with Gasteiger partial charge in [0.15, 0.2) is 0 Å². The second kappa shape index (κ2) is 31.6. The highest BCUT2D eigenvalue weighted by Crippen LogP contribution is 2.26. The lowest BCUT2D eigenvalue weighted by molar-refractivity contribution is 0.0592. The van der Waals surface area contributed by atoms with E-state index in [1.807, 2.05) is 65.3 Å². The molecule has 4 fully saturated rings. The van der Waals surface area contributed by atoms with Gasteiger partial charge in [0.1, 0.15) is 5.75 Å². The van der Waals surface area contributed by atoms with E-state index in [2.05, 4.69) is 116 Å². The normalized spacial score (nSPS) is 17.6. The number of esters is 2. The Labute approximate surface area is 488 Å². The number of ether oxygens (including phenoxy) is 2. The topological polar surface area (TPSA) is 138 Å². The maximum atomic E-state index is 12.5. The maximum absolute atomic E-state index is 12.5. The van der Waals surface area contributed by atoms with Gasteiger partial charge in [-0.15, -0.1) is 0 Å². The number of amides is 2. The number of phenolic OH excluding ortho intramolecular Hbond substituents is 1.